The number of fused-ring (bicyclic) bond motifs is 1. The summed E-state index contributed by atoms with van der Waals surface area (Å²) in [4.78, 5) is 12.4. The number of anilines is 2. The molecule has 0 unspecified atom stereocenters. The molecule has 0 saturated heterocycles. The number of carbonyl (C=O) groups is 1. The molecule has 1 aliphatic heterocycles. The predicted molar refractivity (Wildman–Crippen MR) is 96.4 cm³/mol. The van der Waals surface area contributed by atoms with Crippen molar-refractivity contribution in [1.82, 2.24) is 10.2 Å². The lowest BCUT2D eigenvalue weighted by molar-refractivity contribution is 0.110. The van der Waals surface area contributed by atoms with Crippen molar-refractivity contribution in [2.75, 3.05) is 17.2 Å². The number of hydrogen-bond donors (Lipinski definition) is 3. The van der Waals surface area contributed by atoms with Gasteiger partial charge in [0.2, 0.25) is 0 Å². The van der Waals surface area contributed by atoms with Crippen molar-refractivity contribution < 1.29 is 18.3 Å². The first-order valence-corrected chi connectivity index (χ1v) is 8.38. The van der Waals surface area contributed by atoms with Gasteiger partial charge in [-0.2, -0.15) is 5.10 Å². The fourth-order valence-electron chi connectivity index (χ4n) is 3.01. The van der Waals surface area contributed by atoms with Crippen LogP contribution in [-0.2, 0) is 17.8 Å². The van der Waals surface area contributed by atoms with Crippen LogP contribution in [0.3, 0.4) is 0 Å². The van der Waals surface area contributed by atoms with Crippen molar-refractivity contribution in [3.05, 3.63) is 65.4 Å². The molecule has 2 aromatic carbocycles. The molecule has 1 aromatic heterocycles. The molecule has 0 bridgehead atoms. The van der Waals surface area contributed by atoms with Crippen LogP contribution >= 0.6 is 0 Å². The number of hydrogen-bond acceptors (Lipinski definition) is 3. The van der Waals surface area contributed by atoms with Gasteiger partial charge in [0.25, 0.3) is 0 Å². The number of ether oxygens (including phenoxy) is 1. The summed E-state index contributed by atoms with van der Waals surface area (Å²) in [6, 6.07) is 9.93. The van der Waals surface area contributed by atoms with Crippen molar-refractivity contribution in [3.63, 3.8) is 0 Å². The number of carbonyl (C=O) groups excluding carboxylic acids is 1. The summed E-state index contributed by atoms with van der Waals surface area (Å²) in [7, 11) is 0. The minimum atomic E-state index is -0.864. The van der Waals surface area contributed by atoms with Gasteiger partial charge in [0.05, 0.1) is 18.9 Å². The number of benzene rings is 2. The maximum absolute atomic E-state index is 14.4. The molecule has 0 saturated carbocycles. The molecule has 0 atom stereocenters. The number of halogens is 2. The highest BCUT2D eigenvalue weighted by atomic mass is 19.1. The Morgan fingerprint density at radius 3 is 2.78 bits per heavy atom. The summed E-state index contributed by atoms with van der Waals surface area (Å²) in [6.45, 7) is 0.920. The van der Waals surface area contributed by atoms with E-state index in [1.807, 2.05) is 0 Å². The van der Waals surface area contributed by atoms with Crippen LogP contribution < -0.4 is 10.6 Å². The van der Waals surface area contributed by atoms with Crippen LogP contribution in [0.2, 0.25) is 0 Å². The fourth-order valence-corrected chi connectivity index (χ4v) is 3.01. The molecule has 0 radical (unpaired) electrons. The van der Waals surface area contributed by atoms with Crippen LogP contribution in [0, 0.1) is 11.6 Å². The number of urea groups is 1. The van der Waals surface area contributed by atoms with E-state index in [1.54, 1.807) is 30.3 Å². The number of aromatic nitrogens is 2. The van der Waals surface area contributed by atoms with Gasteiger partial charge in [-0.1, -0.05) is 30.3 Å². The lowest BCUT2D eigenvalue weighted by Gasteiger charge is -2.15. The average Bonchev–Trinajstić information content (AvgIpc) is 3.07. The van der Waals surface area contributed by atoms with Gasteiger partial charge >= 0.3 is 6.03 Å². The normalized spacial score (nSPS) is 13.1. The van der Waals surface area contributed by atoms with Crippen LogP contribution in [0.1, 0.15) is 11.3 Å². The molecule has 138 valence electrons. The van der Waals surface area contributed by atoms with Crippen LogP contribution in [0.4, 0.5) is 25.1 Å². The molecular formula is C19H16F2N4O2. The summed E-state index contributed by atoms with van der Waals surface area (Å²) in [6.07, 6.45) is 0.677. The zero-order chi connectivity index (χ0) is 18.8. The molecule has 6 nitrogen and oxygen atoms in total. The van der Waals surface area contributed by atoms with E-state index in [-0.39, 0.29) is 11.3 Å². The molecule has 27 heavy (non-hydrogen) atoms. The Kier molecular flexibility index (Phi) is 4.55. The monoisotopic (exact) mass is 370 g/mol. The van der Waals surface area contributed by atoms with Crippen molar-refractivity contribution >= 4 is 17.5 Å². The molecule has 3 N–H and O–H groups in total. The van der Waals surface area contributed by atoms with E-state index in [0.717, 1.165) is 17.3 Å². The Balaban J connectivity index is 1.61. The SMILES string of the molecule is O=C(Nc1n[nH]c2c1COCC2)Nc1c(F)cc(F)cc1-c1ccccc1. The standard InChI is InChI=1S/C19H16F2N4O2/c20-12-8-13(11-4-2-1-3-5-11)17(15(21)9-12)22-19(26)23-18-14-10-27-7-6-16(14)24-25-18/h1-5,8-9H,6-7,10H2,(H3,22,23,24,25,26). The molecule has 1 aliphatic rings. The minimum Gasteiger partial charge on any atom is -0.376 e. The third-order valence-electron chi connectivity index (χ3n) is 4.31. The first kappa shape index (κ1) is 17.2. The number of nitrogens with zero attached hydrogens (tertiary/aromatic N) is 1. The zero-order valence-electron chi connectivity index (χ0n) is 14.2. The molecule has 3 aromatic rings. The van der Waals surface area contributed by atoms with Crippen molar-refractivity contribution in [2.45, 2.75) is 13.0 Å². The van der Waals surface area contributed by atoms with Crippen molar-refractivity contribution in [3.8, 4) is 11.1 Å². The maximum Gasteiger partial charge on any atom is 0.325 e. The third-order valence-corrected chi connectivity index (χ3v) is 4.31. The predicted octanol–water partition coefficient (Wildman–Crippen LogP) is 4.07. The van der Waals surface area contributed by atoms with Gasteiger partial charge in [0, 0.05) is 29.3 Å². The van der Waals surface area contributed by atoms with Gasteiger partial charge < -0.3 is 10.1 Å². The average molecular weight is 370 g/mol. The Morgan fingerprint density at radius 2 is 1.96 bits per heavy atom. The van der Waals surface area contributed by atoms with E-state index in [2.05, 4.69) is 20.8 Å². The fraction of sp³-hybridized carbons (Fsp3) is 0.158. The molecule has 2 heterocycles. The molecule has 0 aliphatic carbocycles. The summed E-state index contributed by atoms with van der Waals surface area (Å²) in [5, 5.41) is 12.0. The first-order chi connectivity index (χ1) is 13.1. The second-order valence-electron chi connectivity index (χ2n) is 6.09. The lowest BCUT2D eigenvalue weighted by atomic mass is 10.0. The van der Waals surface area contributed by atoms with Gasteiger partial charge in [-0.25, -0.2) is 13.6 Å². The summed E-state index contributed by atoms with van der Waals surface area (Å²) in [5.74, 6) is -1.27. The minimum absolute atomic E-state index is 0.110. The third kappa shape index (κ3) is 3.52. The Bertz CT molecular complexity index is 989. The zero-order valence-corrected chi connectivity index (χ0v) is 14.2. The number of H-pyrrole nitrogens is 1. The lowest BCUT2D eigenvalue weighted by Crippen LogP contribution is -2.22. The van der Waals surface area contributed by atoms with E-state index in [4.69, 9.17) is 4.74 Å². The molecular weight excluding hydrogens is 354 g/mol. The summed E-state index contributed by atoms with van der Waals surface area (Å²) >= 11 is 0. The van der Waals surface area contributed by atoms with E-state index in [0.29, 0.717) is 31.0 Å². The Morgan fingerprint density at radius 1 is 1.15 bits per heavy atom. The molecule has 4 rings (SSSR count). The van der Waals surface area contributed by atoms with Gasteiger partial charge in [-0.3, -0.25) is 10.4 Å². The second-order valence-corrected chi connectivity index (χ2v) is 6.09. The number of nitrogens with one attached hydrogen (secondary N) is 3. The molecule has 0 fully saturated rings. The summed E-state index contributed by atoms with van der Waals surface area (Å²) < 4.78 is 33.5. The Hall–Kier alpha value is -3.26. The first-order valence-electron chi connectivity index (χ1n) is 8.38. The van der Waals surface area contributed by atoms with E-state index in [9.17, 15) is 13.6 Å². The van der Waals surface area contributed by atoms with Gasteiger partial charge in [-0.15, -0.1) is 0 Å². The second kappa shape index (κ2) is 7.16. The Labute approximate surface area is 153 Å². The van der Waals surface area contributed by atoms with E-state index in [1.165, 1.54) is 6.07 Å². The van der Waals surface area contributed by atoms with Crippen LogP contribution in [-0.4, -0.2) is 22.8 Å². The highest BCUT2D eigenvalue weighted by molar-refractivity contribution is 6.02. The largest absolute Gasteiger partial charge is 0.376 e. The highest BCUT2D eigenvalue weighted by Crippen LogP contribution is 2.32. The smallest absolute Gasteiger partial charge is 0.325 e. The van der Waals surface area contributed by atoms with Crippen LogP contribution in [0.25, 0.3) is 11.1 Å². The quantitative estimate of drug-likeness (QED) is 0.650. The number of amides is 2. The maximum atomic E-state index is 14.4. The number of rotatable bonds is 3. The van der Waals surface area contributed by atoms with Crippen LogP contribution in [0.5, 0.6) is 0 Å². The van der Waals surface area contributed by atoms with Crippen molar-refractivity contribution in [1.29, 1.82) is 0 Å². The van der Waals surface area contributed by atoms with Gasteiger partial charge in [-0.05, 0) is 11.6 Å². The summed E-state index contributed by atoms with van der Waals surface area (Å²) in [5.41, 5.74) is 2.38. The van der Waals surface area contributed by atoms with Gasteiger partial charge in [0.1, 0.15) is 11.6 Å². The van der Waals surface area contributed by atoms with E-state index < -0.39 is 17.7 Å². The van der Waals surface area contributed by atoms with E-state index >= 15 is 0 Å². The highest BCUT2D eigenvalue weighted by Gasteiger charge is 2.20. The van der Waals surface area contributed by atoms with Gasteiger partial charge in [0.15, 0.2) is 5.82 Å². The molecule has 2 amide bonds. The van der Waals surface area contributed by atoms with Crippen molar-refractivity contribution in [2.24, 2.45) is 0 Å². The topological polar surface area (TPSA) is 79.0 Å². The number of aromatic amines is 1. The molecule has 0 spiro atoms. The van der Waals surface area contributed by atoms with Crippen LogP contribution in [0.15, 0.2) is 42.5 Å². The molecule has 8 heteroatoms.